The molecule has 2 aromatic carbocycles. The quantitative estimate of drug-likeness (QED) is 0.348. The maximum atomic E-state index is 13.6. The van der Waals surface area contributed by atoms with E-state index in [1.807, 2.05) is 70.9 Å². The van der Waals surface area contributed by atoms with Crippen LogP contribution in [-0.4, -0.2) is 58.2 Å². The number of hydrogen-bond donors (Lipinski definition) is 0. The minimum Gasteiger partial charge on any atom is -0.335 e. The molecule has 0 aliphatic carbocycles. The lowest BCUT2D eigenvalue weighted by molar-refractivity contribution is 0.0641. The van der Waals surface area contributed by atoms with E-state index in [1.54, 1.807) is 16.0 Å². The maximum Gasteiger partial charge on any atom is 0.272 e. The third-order valence-electron chi connectivity index (χ3n) is 5.92. The second-order valence-corrected chi connectivity index (χ2v) is 9.52. The molecular formula is C27H25ClN4OS. The van der Waals surface area contributed by atoms with Crippen LogP contribution >= 0.6 is 22.9 Å². The zero-order valence-corrected chi connectivity index (χ0v) is 20.3. The van der Waals surface area contributed by atoms with E-state index in [2.05, 4.69) is 29.2 Å². The summed E-state index contributed by atoms with van der Waals surface area (Å²) >= 11 is 8.08. The Morgan fingerprint density at radius 3 is 2.47 bits per heavy atom. The third kappa shape index (κ3) is 4.99. The number of para-hydroxylation sites is 1. The summed E-state index contributed by atoms with van der Waals surface area (Å²) in [6.45, 7) is 3.91. The zero-order chi connectivity index (χ0) is 23.3. The van der Waals surface area contributed by atoms with Gasteiger partial charge in [-0.05, 0) is 35.2 Å². The Hall–Kier alpha value is -3.19. The second kappa shape index (κ2) is 10.4. The molecule has 34 heavy (non-hydrogen) atoms. The Kier molecular flexibility index (Phi) is 6.90. The lowest BCUT2D eigenvalue weighted by atomic mass is 10.2. The monoisotopic (exact) mass is 488 g/mol. The molecular weight excluding hydrogens is 464 g/mol. The van der Waals surface area contributed by atoms with Crippen LogP contribution in [0.2, 0.25) is 5.02 Å². The first kappa shape index (κ1) is 22.6. The molecule has 0 N–H and O–H groups in total. The molecule has 1 aliphatic rings. The fraction of sp³-hybridized carbons (Fsp3) is 0.185. The molecule has 0 radical (unpaired) electrons. The Labute approximate surface area is 208 Å². The van der Waals surface area contributed by atoms with Gasteiger partial charge in [0.05, 0.1) is 15.6 Å². The van der Waals surface area contributed by atoms with Crippen LogP contribution in [0, 0.1) is 0 Å². The van der Waals surface area contributed by atoms with Crippen LogP contribution in [0.4, 0.5) is 0 Å². The minimum atomic E-state index is -0.0188. The molecule has 0 bridgehead atoms. The van der Waals surface area contributed by atoms with Crippen molar-refractivity contribution in [3.8, 4) is 16.3 Å². The molecule has 3 heterocycles. The van der Waals surface area contributed by atoms with E-state index in [1.165, 1.54) is 5.56 Å². The van der Waals surface area contributed by atoms with Gasteiger partial charge in [-0.3, -0.25) is 9.69 Å². The van der Waals surface area contributed by atoms with Crippen molar-refractivity contribution in [2.24, 2.45) is 0 Å². The van der Waals surface area contributed by atoms with Crippen LogP contribution in [-0.2, 0) is 0 Å². The van der Waals surface area contributed by atoms with Crippen LogP contribution in [0.25, 0.3) is 22.3 Å². The molecule has 1 saturated heterocycles. The van der Waals surface area contributed by atoms with Gasteiger partial charge in [0.15, 0.2) is 0 Å². The minimum absolute atomic E-state index is 0.0188. The van der Waals surface area contributed by atoms with E-state index in [-0.39, 0.29) is 5.91 Å². The molecule has 5 nitrogen and oxygen atoms in total. The Morgan fingerprint density at radius 2 is 1.74 bits per heavy atom. The van der Waals surface area contributed by atoms with Crippen LogP contribution < -0.4 is 0 Å². The van der Waals surface area contributed by atoms with Crippen molar-refractivity contribution < 1.29 is 4.79 Å². The van der Waals surface area contributed by atoms with Crippen LogP contribution in [0.3, 0.4) is 0 Å². The number of carbonyl (C=O) groups is 1. The molecule has 0 atom stereocenters. The molecule has 5 rings (SSSR count). The number of piperazine rings is 1. The number of nitrogens with zero attached hydrogens (tertiary/aromatic N) is 4. The normalized spacial score (nSPS) is 14.7. The van der Waals surface area contributed by atoms with E-state index in [9.17, 15) is 4.79 Å². The summed E-state index contributed by atoms with van der Waals surface area (Å²) in [4.78, 5) is 18.9. The van der Waals surface area contributed by atoms with Gasteiger partial charge in [-0.15, -0.1) is 11.3 Å². The largest absolute Gasteiger partial charge is 0.335 e. The van der Waals surface area contributed by atoms with Gasteiger partial charge in [0.2, 0.25) is 0 Å². The Bertz CT molecular complexity index is 1280. The first-order chi connectivity index (χ1) is 16.7. The van der Waals surface area contributed by atoms with E-state index >= 15 is 0 Å². The van der Waals surface area contributed by atoms with Crippen molar-refractivity contribution in [1.82, 2.24) is 19.6 Å². The summed E-state index contributed by atoms with van der Waals surface area (Å²) in [6, 6.07) is 23.7. The molecule has 172 valence electrons. The molecule has 1 aliphatic heterocycles. The summed E-state index contributed by atoms with van der Waals surface area (Å²) in [5, 5.41) is 7.33. The highest BCUT2D eigenvalue weighted by Gasteiger charge is 2.26. The fourth-order valence-electron chi connectivity index (χ4n) is 4.08. The van der Waals surface area contributed by atoms with E-state index in [4.69, 9.17) is 16.7 Å². The SMILES string of the molecule is O=C(c1cc(-c2cccs2)nn1-c1ccccc1Cl)N1CCN(CC=Cc2ccccc2)CC1. The van der Waals surface area contributed by atoms with Crippen LogP contribution in [0.5, 0.6) is 0 Å². The summed E-state index contributed by atoms with van der Waals surface area (Å²) in [6.07, 6.45) is 4.33. The topological polar surface area (TPSA) is 41.4 Å². The number of hydrogen-bond acceptors (Lipinski definition) is 4. The first-order valence-electron chi connectivity index (χ1n) is 11.3. The zero-order valence-electron chi connectivity index (χ0n) is 18.7. The van der Waals surface area contributed by atoms with E-state index in [0.29, 0.717) is 29.5 Å². The summed E-state index contributed by atoms with van der Waals surface area (Å²) < 4.78 is 1.69. The molecule has 2 aromatic heterocycles. The molecule has 7 heteroatoms. The number of carbonyl (C=O) groups excluding carboxylic acids is 1. The Balaban J connectivity index is 1.31. The van der Waals surface area contributed by atoms with Gasteiger partial charge < -0.3 is 4.90 Å². The number of thiophene rings is 1. The number of halogens is 1. The van der Waals surface area contributed by atoms with Crippen molar-refractivity contribution >= 4 is 34.9 Å². The number of rotatable bonds is 6. The smallest absolute Gasteiger partial charge is 0.272 e. The van der Waals surface area contributed by atoms with Crippen molar-refractivity contribution in [2.75, 3.05) is 32.7 Å². The summed E-state index contributed by atoms with van der Waals surface area (Å²) in [7, 11) is 0. The Morgan fingerprint density at radius 1 is 0.971 bits per heavy atom. The lowest BCUT2D eigenvalue weighted by Gasteiger charge is -2.34. The lowest BCUT2D eigenvalue weighted by Crippen LogP contribution is -2.49. The molecule has 0 saturated carbocycles. The predicted molar refractivity (Wildman–Crippen MR) is 140 cm³/mol. The second-order valence-electron chi connectivity index (χ2n) is 8.16. The van der Waals surface area contributed by atoms with E-state index in [0.717, 1.165) is 30.2 Å². The summed E-state index contributed by atoms with van der Waals surface area (Å²) in [5.74, 6) is -0.0188. The van der Waals surface area contributed by atoms with Gasteiger partial charge in [0.25, 0.3) is 5.91 Å². The molecule has 4 aromatic rings. The third-order valence-corrected chi connectivity index (χ3v) is 7.13. The maximum absolute atomic E-state index is 13.6. The van der Waals surface area contributed by atoms with Crippen molar-refractivity contribution in [3.05, 3.63) is 101 Å². The van der Waals surface area contributed by atoms with Crippen molar-refractivity contribution in [3.63, 3.8) is 0 Å². The highest BCUT2D eigenvalue weighted by molar-refractivity contribution is 7.13. The number of benzene rings is 2. The predicted octanol–water partition coefficient (Wildman–Crippen LogP) is 5.73. The average molecular weight is 489 g/mol. The molecule has 1 amide bonds. The van der Waals surface area contributed by atoms with Gasteiger partial charge in [-0.2, -0.15) is 5.10 Å². The first-order valence-corrected chi connectivity index (χ1v) is 12.6. The summed E-state index contributed by atoms with van der Waals surface area (Å²) in [5.41, 5.74) is 3.22. The van der Waals surface area contributed by atoms with Gasteiger partial charge in [0, 0.05) is 32.7 Å². The average Bonchev–Trinajstić information content (AvgIpc) is 3.56. The van der Waals surface area contributed by atoms with Crippen LogP contribution in [0.15, 0.2) is 84.3 Å². The standard InChI is InChI=1S/C27H25ClN4OS/c28-22-11-4-5-12-24(22)32-25(20-23(29-32)26-13-7-19-34-26)27(33)31-17-15-30(16-18-31)14-6-10-21-8-2-1-3-9-21/h1-13,19-20H,14-18H2. The van der Waals surface area contributed by atoms with E-state index < -0.39 is 0 Å². The van der Waals surface area contributed by atoms with Crippen LogP contribution in [0.1, 0.15) is 16.1 Å². The highest BCUT2D eigenvalue weighted by Crippen LogP contribution is 2.28. The highest BCUT2D eigenvalue weighted by atomic mass is 35.5. The van der Waals surface area contributed by atoms with Gasteiger partial charge in [-0.25, -0.2) is 4.68 Å². The van der Waals surface area contributed by atoms with Gasteiger partial charge >= 0.3 is 0 Å². The molecule has 0 unspecified atom stereocenters. The molecule has 0 spiro atoms. The van der Waals surface area contributed by atoms with Gasteiger partial charge in [-0.1, -0.05) is 72.3 Å². The fourth-order valence-corrected chi connectivity index (χ4v) is 4.98. The molecule has 1 fully saturated rings. The van der Waals surface area contributed by atoms with Crippen molar-refractivity contribution in [2.45, 2.75) is 0 Å². The van der Waals surface area contributed by atoms with Crippen molar-refractivity contribution in [1.29, 1.82) is 0 Å². The number of amides is 1. The van der Waals surface area contributed by atoms with Gasteiger partial charge in [0.1, 0.15) is 11.4 Å². The number of aromatic nitrogens is 2.